The highest BCUT2D eigenvalue weighted by atomic mass is 32.2. The largest absolute Gasteiger partial charge is 0.338 e. The fraction of sp³-hybridized carbons (Fsp3) is 0.571. The molecule has 0 radical (unpaired) electrons. The Bertz CT molecular complexity index is 719. The quantitative estimate of drug-likeness (QED) is 0.768. The Hall–Kier alpha value is -1.25. The van der Waals surface area contributed by atoms with Crippen LogP contribution in [0.1, 0.15) is 36.0 Å². The van der Waals surface area contributed by atoms with Crippen molar-refractivity contribution in [2.45, 2.75) is 45.7 Å². The minimum atomic E-state index is -3.15. The number of aryl methyl sites for hydroxylation is 1. The maximum Gasteiger partial charge on any atom is 0.240 e. The van der Waals surface area contributed by atoms with Crippen molar-refractivity contribution in [2.24, 2.45) is 0 Å². The van der Waals surface area contributed by atoms with Crippen LogP contribution < -0.4 is 0 Å². The number of rotatable bonds is 7. The van der Waals surface area contributed by atoms with Crippen LogP contribution in [0.4, 0.5) is 0 Å². The summed E-state index contributed by atoms with van der Waals surface area (Å²) in [6, 6.07) is 2.42. The average Bonchev–Trinajstić information content (AvgIpc) is 2.97. The molecule has 0 saturated heterocycles. The lowest BCUT2D eigenvalue weighted by atomic mass is 10.2. The van der Waals surface area contributed by atoms with Gasteiger partial charge in [0.2, 0.25) is 5.89 Å². The molecule has 0 fully saturated rings. The van der Waals surface area contributed by atoms with E-state index in [-0.39, 0.29) is 11.6 Å². The van der Waals surface area contributed by atoms with Crippen molar-refractivity contribution < 1.29 is 12.9 Å². The van der Waals surface area contributed by atoms with Crippen LogP contribution in [0.25, 0.3) is 0 Å². The summed E-state index contributed by atoms with van der Waals surface area (Å²) in [5.74, 6) is 0.470. The zero-order valence-corrected chi connectivity index (χ0v) is 14.9. The molecule has 22 heavy (non-hydrogen) atoms. The molecule has 0 saturated carbocycles. The van der Waals surface area contributed by atoms with Crippen molar-refractivity contribution in [3.05, 3.63) is 33.6 Å². The number of thiophene rings is 1. The summed E-state index contributed by atoms with van der Waals surface area (Å²) < 4.78 is 27.7. The minimum absolute atomic E-state index is 0.192. The van der Waals surface area contributed by atoms with Gasteiger partial charge in [0.15, 0.2) is 15.7 Å². The highest BCUT2D eigenvalue weighted by molar-refractivity contribution is 7.89. The summed E-state index contributed by atoms with van der Waals surface area (Å²) in [5.41, 5.74) is 1.28. The first-order chi connectivity index (χ1) is 10.2. The highest BCUT2D eigenvalue weighted by Gasteiger charge is 2.18. The topological polar surface area (TPSA) is 76.3 Å². The van der Waals surface area contributed by atoms with Gasteiger partial charge in [0.1, 0.15) is 5.75 Å². The lowest BCUT2D eigenvalue weighted by Gasteiger charge is -2.24. The monoisotopic (exact) mass is 343 g/mol. The van der Waals surface area contributed by atoms with Crippen LogP contribution in [0.3, 0.4) is 0 Å². The van der Waals surface area contributed by atoms with E-state index in [1.54, 1.807) is 11.3 Å². The first-order valence-electron chi connectivity index (χ1n) is 7.01. The molecular weight excluding hydrogens is 322 g/mol. The third kappa shape index (κ3) is 4.89. The van der Waals surface area contributed by atoms with E-state index in [0.717, 1.165) is 12.8 Å². The van der Waals surface area contributed by atoms with Gasteiger partial charge in [0.25, 0.3) is 0 Å². The normalized spacial score (nSPS) is 12.5. The van der Waals surface area contributed by atoms with E-state index in [4.69, 9.17) is 4.52 Å². The second kappa shape index (κ2) is 6.89. The van der Waals surface area contributed by atoms with Gasteiger partial charge in [-0.2, -0.15) is 4.98 Å². The summed E-state index contributed by atoms with van der Waals surface area (Å²) in [6.45, 7) is 7.63. The molecule has 0 aliphatic heterocycles. The van der Waals surface area contributed by atoms with Crippen molar-refractivity contribution in [1.82, 2.24) is 15.0 Å². The van der Waals surface area contributed by atoms with Crippen molar-refractivity contribution in [2.75, 3.05) is 6.26 Å². The maximum absolute atomic E-state index is 11.3. The Morgan fingerprint density at radius 1 is 1.36 bits per heavy atom. The molecule has 0 unspecified atom stereocenters. The number of nitrogens with zero attached hydrogens (tertiary/aromatic N) is 3. The van der Waals surface area contributed by atoms with Crippen molar-refractivity contribution in [3.63, 3.8) is 0 Å². The summed E-state index contributed by atoms with van der Waals surface area (Å²) in [5, 5.41) is 5.82. The molecule has 0 aromatic carbocycles. The first-order valence-corrected chi connectivity index (χ1v) is 9.95. The first kappa shape index (κ1) is 17.1. The molecule has 2 aromatic rings. The molecule has 0 amide bonds. The second-order valence-corrected chi connectivity index (χ2v) is 8.84. The number of aromatic nitrogens is 2. The van der Waals surface area contributed by atoms with Crippen LogP contribution in [-0.2, 0) is 28.7 Å². The lowest BCUT2D eigenvalue weighted by Crippen LogP contribution is -2.29. The highest BCUT2D eigenvalue weighted by Crippen LogP contribution is 2.20. The number of hydrogen-bond acceptors (Lipinski definition) is 7. The van der Waals surface area contributed by atoms with Crippen LogP contribution in [0, 0.1) is 6.92 Å². The zero-order valence-electron chi connectivity index (χ0n) is 13.2. The lowest BCUT2D eigenvalue weighted by molar-refractivity contribution is 0.178. The van der Waals surface area contributed by atoms with E-state index in [1.165, 1.54) is 10.4 Å². The molecule has 2 heterocycles. The summed E-state index contributed by atoms with van der Waals surface area (Å²) >= 11 is 1.73. The van der Waals surface area contributed by atoms with Crippen LogP contribution in [-0.4, -0.2) is 35.8 Å². The summed E-state index contributed by atoms with van der Waals surface area (Å²) in [6.07, 6.45) is 1.16. The zero-order chi connectivity index (χ0) is 16.3. The van der Waals surface area contributed by atoms with E-state index in [9.17, 15) is 8.42 Å². The molecule has 0 atom stereocenters. The molecule has 122 valence electrons. The van der Waals surface area contributed by atoms with Gasteiger partial charge in [0.05, 0.1) is 6.54 Å². The molecular formula is C14H21N3O3S2. The van der Waals surface area contributed by atoms with Gasteiger partial charge in [-0.3, -0.25) is 4.90 Å². The molecule has 0 spiro atoms. The standard InChI is InChI=1S/C14H21N3O3S2/c1-10(2)17(7-12-11(3)5-6-21-12)8-14-15-13(16-20-14)9-22(4,18)19/h5-6,10H,7-9H2,1-4H3. The van der Waals surface area contributed by atoms with E-state index < -0.39 is 9.84 Å². The molecule has 0 aliphatic rings. The van der Waals surface area contributed by atoms with Gasteiger partial charge >= 0.3 is 0 Å². The van der Waals surface area contributed by atoms with Gasteiger partial charge in [-0.15, -0.1) is 11.3 Å². The third-order valence-electron chi connectivity index (χ3n) is 3.28. The molecule has 2 rings (SSSR count). The van der Waals surface area contributed by atoms with Gasteiger partial charge in [-0.25, -0.2) is 8.42 Å². The molecule has 0 bridgehead atoms. The van der Waals surface area contributed by atoms with E-state index in [0.29, 0.717) is 18.5 Å². The third-order valence-corrected chi connectivity index (χ3v) is 5.08. The van der Waals surface area contributed by atoms with Crippen molar-refractivity contribution in [3.8, 4) is 0 Å². The van der Waals surface area contributed by atoms with Crippen LogP contribution in [0.15, 0.2) is 16.0 Å². The van der Waals surface area contributed by atoms with Gasteiger partial charge in [-0.05, 0) is 37.8 Å². The Kier molecular flexibility index (Phi) is 5.36. The summed E-state index contributed by atoms with van der Waals surface area (Å²) in [7, 11) is -3.15. The van der Waals surface area contributed by atoms with E-state index in [2.05, 4.69) is 47.3 Å². The molecule has 8 heteroatoms. The minimum Gasteiger partial charge on any atom is -0.338 e. The van der Waals surface area contributed by atoms with E-state index >= 15 is 0 Å². The Balaban J connectivity index is 2.07. The van der Waals surface area contributed by atoms with Crippen LogP contribution >= 0.6 is 11.3 Å². The van der Waals surface area contributed by atoms with Crippen LogP contribution in [0.2, 0.25) is 0 Å². The Labute approximate surface area is 135 Å². The predicted octanol–water partition coefficient (Wildman–Crippen LogP) is 2.39. The Morgan fingerprint density at radius 2 is 2.09 bits per heavy atom. The van der Waals surface area contributed by atoms with Gasteiger partial charge in [-0.1, -0.05) is 5.16 Å². The number of sulfone groups is 1. The molecule has 0 aliphatic carbocycles. The molecule has 6 nitrogen and oxygen atoms in total. The maximum atomic E-state index is 11.3. The number of hydrogen-bond donors (Lipinski definition) is 0. The van der Waals surface area contributed by atoms with E-state index in [1.807, 2.05) is 0 Å². The fourth-order valence-corrected chi connectivity index (χ4v) is 3.51. The van der Waals surface area contributed by atoms with Gasteiger partial charge in [0, 0.05) is 23.7 Å². The van der Waals surface area contributed by atoms with Gasteiger partial charge < -0.3 is 4.52 Å². The predicted molar refractivity (Wildman–Crippen MR) is 86.3 cm³/mol. The molecule has 0 N–H and O–H groups in total. The SMILES string of the molecule is Cc1ccsc1CN(Cc1nc(CS(C)(=O)=O)no1)C(C)C. The smallest absolute Gasteiger partial charge is 0.240 e. The second-order valence-electron chi connectivity index (χ2n) is 5.70. The van der Waals surface area contributed by atoms with Crippen molar-refractivity contribution in [1.29, 1.82) is 0 Å². The van der Waals surface area contributed by atoms with Crippen LogP contribution in [0.5, 0.6) is 0 Å². The summed E-state index contributed by atoms with van der Waals surface area (Å²) in [4.78, 5) is 7.70. The molecule has 2 aromatic heterocycles. The van der Waals surface area contributed by atoms with Crippen molar-refractivity contribution >= 4 is 21.2 Å². The Morgan fingerprint density at radius 3 is 2.64 bits per heavy atom. The fourth-order valence-electron chi connectivity index (χ4n) is 1.99. The average molecular weight is 343 g/mol.